The molecular weight excluding hydrogens is 238 g/mol. The summed E-state index contributed by atoms with van der Waals surface area (Å²) in [6.45, 7) is 3.10. The van der Waals surface area contributed by atoms with E-state index in [9.17, 15) is 4.21 Å². The second kappa shape index (κ2) is 5.51. The molecule has 2 N–H and O–H groups in total. The van der Waals surface area contributed by atoms with Crippen LogP contribution in [0.5, 0.6) is 11.5 Å². The van der Waals surface area contributed by atoms with Gasteiger partial charge in [0.1, 0.15) is 13.2 Å². The van der Waals surface area contributed by atoms with Gasteiger partial charge in [-0.3, -0.25) is 4.21 Å². The number of nitrogens with two attached hydrogens (primary N) is 1. The molecule has 0 amide bonds. The van der Waals surface area contributed by atoms with Crippen LogP contribution in [0.2, 0.25) is 0 Å². The van der Waals surface area contributed by atoms with Crippen molar-refractivity contribution in [2.45, 2.75) is 24.3 Å². The molecule has 0 spiro atoms. The van der Waals surface area contributed by atoms with Gasteiger partial charge in [0.2, 0.25) is 0 Å². The van der Waals surface area contributed by atoms with Crippen molar-refractivity contribution in [2.24, 2.45) is 5.73 Å². The summed E-state index contributed by atoms with van der Waals surface area (Å²) in [7, 11) is -1.07. The Hall–Kier alpha value is -1.07. The predicted molar refractivity (Wildman–Crippen MR) is 67.0 cm³/mol. The van der Waals surface area contributed by atoms with E-state index >= 15 is 0 Å². The molecule has 5 heteroatoms. The van der Waals surface area contributed by atoms with E-state index < -0.39 is 10.8 Å². The van der Waals surface area contributed by atoms with Gasteiger partial charge in [0.15, 0.2) is 11.5 Å². The highest BCUT2D eigenvalue weighted by molar-refractivity contribution is 7.85. The summed E-state index contributed by atoms with van der Waals surface area (Å²) in [6, 6.07) is 5.38. The molecule has 17 heavy (non-hydrogen) atoms. The van der Waals surface area contributed by atoms with Crippen LogP contribution in [0.4, 0.5) is 0 Å². The molecule has 1 aromatic carbocycles. The number of benzene rings is 1. The normalized spacial score (nSPS) is 17.5. The Morgan fingerprint density at radius 1 is 1.35 bits per heavy atom. The standard InChI is InChI=1S/C12H17NO3S/c1-2-9(13)8-17(14)10-3-4-11-12(7-10)16-6-5-15-11/h3-4,7,9H,2,5-6,8,13H2,1H3. The average molecular weight is 255 g/mol. The SMILES string of the molecule is CCC(N)CS(=O)c1ccc2c(c1)OCCO2. The van der Waals surface area contributed by atoms with Crippen LogP contribution in [0.3, 0.4) is 0 Å². The van der Waals surface area contributed by atoms with Crippen molar-refractivity contribution in [3.8, 4) is 11.5 Å². The Morgan fingerprint density at radius 3 is 2.76 bits per heavy atom. The minimum atomic E-state index is -1.07. The van der Waals surface area contributed by atoms with Crippen molar-refractivity contribution < 1.29 is 13.7 Å². The van der Waals surface area contributed by atoms with Gasteiger partial charge in [-0.15, -0.1) is 0 Å². The largest absolute Gasteiger partial charge is 0.486 e. The molecule has 2 rings (SSSR count). The van der Waals surface area contributed by atoms with E-state index in [-0.39, 0.29) is 6.04 Å². The first-order valence-electron chi connectivity index (χ1n) is 5.74. The molecule has 4 nitrogen and oxygen atoms in total. The molecule has 0 radical (unpaired) electrons. The molecule has 1 aromatic rings. The van der Waals surface area contributed by atoms with Gasteiger partial charge in [0.25, 0.3) is 0 Å². The molecule has 2 unspecified atom stereocenters. The summed E-state index contributed by atoms with van der Waals surface area (Å²) in [4.78, 5) is 0.748. The Morgan fingerprint density at radius 2 is 2.06 bits per heavy atom. The Bertz CT molecular complexity index is 422. The zero-order chi connectivity index (χ0) is 12.3. The third kappa shape index (κ3) is 2.98. The van der Waals surface area contributed by atoms with Crippen molar-refractivity contribution in [3.05, 3.63) is 18.2 Å². The lowest BCUT2D eigenvalue weighted by atomic mass is 10.3. The lowest BCUT2D eigenvalue weighted by molar-refractivity contribution is 0.171. The minimum absolute atomic E-state index is 0.0240. The van der Waals surface area contributed by atoms with Crippen molar-refractivity contribution >= 4 is 10.8 Å². The van der Waals surface area contributed by atoms with Gasteiger partial charge in [0.05, 0.1) is 10.8 Å². The summed E-state index contributed by atoms with van der Waals surface area (Å²) in [6.07, 6.45) is 0.830. The fourth-order valence-corrected chi connectivity index (χ4v) is 2.85. The first-order valence-corrected chi connectivity index (χ1v) is 7.06. The summed E-state index contributed by atoms with van der Waals surface area (Å²) >= 11 is 0. The Kier molecular flexibility index (Phi) is 4.02. The van der Waals surface area contributed by atoms with Gasteiger partial charge in [0, 0.05) is 22.8 Å². The van der Waals surface area contributed by atoms with E-state index in [1.54, 1.807) is 12.1 Å². The Balaban J connectivity index is 2.13. The number of hydrogen-bond donors (Lipinski definition) is 1. The highest BCUT2D eigenvalue weighted by Gasteiger charge is 2.15. The number of rotatable bonds is 4. The third-order valence-electron chi connectivity index (χ3n) is 2.67. The molecule has 0 fully saturated rings. The zero-order valence-corrected chi connectivity index (χ0v) is 10.7. The maximum atomic E-state index is 12.0. The zero-order valence-electron chi connectivity index (χ0n) is 9.85. The van der Waals surface area contributed by atoms with Crippen LogP contribution in [-0.2, 0) is 10.8 Å². The van der Waals surface area contributed by atoms with Crippen molar-refractivity contribution in [1.82, 2.24) is 0 Å². The summed E-state index contributed by atoms with van der Waals surface area (Å²) in [5, 5.41) is 0. The molecule has 2 atom stereocenters. The first-order chi connectivity index (χ1) is 8.20. The van der Waals surface area contributed by atoms with Gasteiger partial charge >= 0.3 is 0 Å². The molecule has 94 valence electrons. The summed E-state index contributed by atoms with van der Waals surface area (Å²) < 4.78 is 22.9. The molecule has 0 aliphatic carbocycles. The van der Waals surface area contributed by atoms with E-state index in [4.69, 9.17) is 15.2 Å². The van der Waals surface area contributed by atoms with Crippen LogP contribution in [0.15, 0.2) is 23.1 Å². The van der Waals surface area contributed by atoms with Gasteiger partial charge < -0.3 is 15.2 Å². The fraction of sp³-hybridized carbons (Fsp3) is 0.500. The second-order valence-corrected chi connectivity index (χ2v) is 5.48. The van der Waals surface area contributed by atoms with Crippen LogP contribution in [0, 0.1) is 0 Å². The molecule has 1 heterocycles. The van der Waals surface area contributed by atoms with Gasteiger partial charge in [-0.25, -0.2) is 0 Å². The second-order valence-electron chi connectivity index (χ2n) is 3.99. The summed E-state index contributed by atoms with van der Waals surface area (Å²) in [5.74, 6) is 1.87. The molecule has 0 saturated heterocycles. The van der Waals surface area contributed by atoms with E-state index in [0.717, 1.165) is 17.1 Å². The molecule has 0 aromatic heterocycles. The van der Waals surface area contributed by atoms with E-state index in [2.05, 4.69) is 0 Å². The van der Waals surface area contributed by atoms with E-state index in [0.29, 0.717) is 24.7 Å². The lowest BCUT2D eigenvalue weighted by Crippen LogP contribution is -2.26. The molecule has 1 aliphatic rings. The highest BCUT2D eigenvalue weighted by Crippen LogP contribution is 2.31. The lowest BCUT2D eigenvalue weighted by Gasteiger charge is -2.19. The van der Waals surface area contributed by atoms with Gasteiger partial charge in [-0.05, 0) is 18.6 Å². The van der Waals surface area contributed by atoms with Crippen LogP contribution in [0.1, 0.15) is 13.3 Å². The van der Waals surface area contributed by atoms with Crippen molar-refractivity contribution in [3.63, 3.8) is 0 Å². The third-order valence-corrected chi connectivity index (χ3v) is 4.18. The van der Waals surface area contributed by atoms with Crippen molar-refractivity contribution in [1.29, 1.82) is 0 Å². The molecule has 0 bridgehead atoms. The monoisotopic (exact) mass is 255 g/mol. The van der Waals surface area contributed by atoms with E-state index in [1.165, 1.54) is 0 Å². The predicted octanol–water partition coefficient (Wildman–Crippen LogP) is 1.30. The fourth-order valence-electron chi connectivity index (χ4n) is 1.57. The van der Waals surface area contributed by atoms with Gasteiger partial charge in [-0.1, -0.05) is 6.92 Å². The molecular formula is C12H17NO3S. The summed E-state index contributed by atoms with van der Waals surface area (Å²) in [5.41, 5.74) is 5.80. The smallest absolute Gasteiger partial charge is 0.162 e. The highest BCUT2D eigenvalue weighted by atomic mass is 32.2. The minimum Gasteiger partial charge on any atom is -0.486 e. The number of hydrogen-bond acceptors (Lipinski definition) is 4. The van der Waals surface area contributed by atoms with Crippen LogP contribution in [-0.4, -0.2) is 29.2 Å². The van der Waals surface area contributed by atoms with Crippen LogP contribution in [0.25, 0.3) is 0 Å². The molecule has 1 aliphatic heterocycles. The van der Waals surface area contributed by atoms with Crippen LogP contribution < -0.4 is 15.2 Å². The quantitative estimate of drug-likeness (QED) is 0.881. The first kappa shape index (κ1) is 12.4. The van der Waals surface area contributed by atoms with E-state index in [1.807, 2.05) is 13.0 Å². The van der Waals surface area contributed by atoms with Crippen molar-refractivity contribution in [2.75, 3.05) is 19.0 Å². The number of ether oxygens (including phenoxy) is 2. The molecule has 0 saturated carbocycles. The Labute approximate surface area is 104 Å². The average Bonchev–Trinajstić information content (AvgIpc) is 2.38. The number of fused-ring (bicyclic) bond motifs is 1. The maximum absolute atomic E-state index is 12.0. The topological polar surface area (TPSA) is 61.6 Å². The maximum Gasteiger partial charge on any atom is 0.162 e. The van der Waals surface area contributed by atoms with Gasteiger partial charge in [-0.2, -0.15) is 0 Å². The van der Waals surface area contributed by atoms with Crippen LogP contribution >= 0.6 is 0 Å².